The van der Waals surface area contributed by atoms with Crippen LogP contribution in [-0.2, 0) is 0 Å². The van der Waals surface area contributed by atoms with Gasteiger partial charge in [0.05, 0.1) is 29.1 Å². The highest BCUT2D eigenvalue weighted by molar-refractivity contribution is 6.20. The number of benzene rings is 2. The summed E-state index contributed by atoms with van der Waals surface area (Å²) in [5.74, 6) is 1.52. The molecule has 0 radical (unpaired) electrons. The maximum atomic E-state index is 14.1. The lowest BCUT2D eigenvalue weighted by Crippen LogP contribution is -2.49. The average molecular weight is 672 g/mol. The molecule has 0 aliphatic carbocycles. The Balaban J connectivity index is 0.850. The highest BCUT2D eigenvalue weighted by Gasteiger charge is 2.42. The molecule has 3 saturated heterocycles. The topological polar surface area (TPSA) is 93.4 Å². The van der Waals surface area contributed by atoms with E-state index in [1.807, 2.05) is 46.1 Å². The summed E-state index contributed by atoms with van der Waals surface area (Å²) in [6, 6.07) is 24.1. The third-order valence-corrected chi connectivity index (χ3v) is 10.7. The normalized spacial score (nSPS) is 21.6. The summed E-state index contributed by atoms with van der Waals surface area (Å²) < 4.78 is 15.9. The zero-order valence-electron chi connectivity index (χ0n) is 27.7. The third kappa shape index (κ3) is 5.48. The lowest BCUT2D eigenvalue weighted by atomic mass is 10.0. The number of carbonyl (C=O) groups is 2. The summed E-state index contributed by atoms with van der Waals surface area (Å²) in [5.41, 5.74) is 4.35. The first-order valence-electron chi connectivity index (χ1n) is 17.5. The lowest BCUT2D eigenvalue weighted by molar-refractivity contribution is 0.0101. The Labute approximate surface area is 289 Å². The number of rotatable bonds is 7. The zero-order chi connectivity index (χ0) is 33.8. The number of amides is 2. The molecule has 12 heteroatoms. The van der Waals surface area contributed by atoms with Crippen molar-refractivity contribution in [3.8, 4) is 11.4 Å². The van der Waals surface area contributed by atoms with Crippen LogP contribution in [0.2, 0.25) is 0 Å². The molecule has 1 unspecified atom stereocenters. The van der Waals surface area contributed by atoms with Gasteiger partial charge in [-0.25, -0.2) is 28.9 Å². The number of halogens is 1. The average Bonchev–Trinajstić information content (AvgIpc) is 3.95. The van der Waals surface area contributed by atoms with Gasteiger partial charge in [0.15, 0.2) is 5.65 Å². The number of piperazine rings is 1. The summed E-state index contributed by atoms with van der Waals surface area (Å²) in [4.78, 5) is 42.8. The van der Waals surface area contributed by atoms with Crippen LogP contribution in [0.15, 0.2) is 85.1 Å². The van der Waals surface area contributed by atoms with Crippen molar-refractivity contribution >= 4 is 29.1 Å². The molecule has 11 nitrogen and oxygen atoms in total. The predicted octanol–water partition coefficient (Wildman–Crippen LogP) is 4.93. The van der Waals surface area contributed by atoms with Crippen molar-refractivity contribution in [2.75, 3.05) is 62.2 Å². The Hall–Kier alpha value is -5.20. The summed E-state index contributed by atoms with van der Waals surface area (Å²) in [6.07, 6.45) is 4.75. The second-order valence-electron chi connectivity index (χ2n) is 13.7. The van der Waals surface area contributed by atoms with Crippen molar-refractivity contribution in [1.82, 2.24) is 34.5 Å². The molecule has 4 aliphatic heterocycles. The fourth-order valence-electron chi connectivity index (χ4n) is 8.14. The number of hydrogen-bond donors (Lipinski definition) is 0. The number of hydrogen-bond acceptors (Lipinski definition) is 9. The second-order valence-corrected chi connectivity index (χ2v) is 13.7. The zero-order valence-corrected chi connectivity index (χ0v) is 27.7. The van der Waals surface area contributed by atoms with E-state index in [0.29, 0.717) is 30.1 Å². The smallest absolute Gasteiger partial charge is 0.276 e. The van der Waals surface area contributed by atoms with Gasteiger partial charge in [-0.15, -0.1) is 5.10 Å². The van der Waals surface area contributed by atoms with Crippen LogP contribution in [0.3, 0.4) is 0 Å². The van der Waals surface area contributed by atoms with E-state index < -0.39 is 0 Å². The minimum Gasteiger partial charge on any atom is -0.354 e. The van der Waals surface area contributed by atoms with Gasteiger partial charge in [0, 0.05) is 52.4 Å². The van der Waals surface area contributed by atoms with E-state index >= 15 is 0 Å². The summed E-state index contributed by atoms with van der Waals surface area (Å²) >= 11 is 0. The highest BCUT2D eigenvalue weighted by Crippen LogP contribution is 2.36. The fourth-order valence-corrected chi connectivity index (χ4v) is 8.14. The first-order chi connectivity index (χ1) is 24.5. The Bertz CT molecular complexity index is 2060. The quantitative estimate of drug-likeness (QED) is 0.224. The first-order valence-corrected chi connectivity index (χ1v) is 17.5. The van der Waals surface area contributed by atoms with Crippen molar-refractivity contribution < 1.29 is 14.0 Å². The van der Waals surface area contributed by atoms with Gasteiger partial charge in [-0.3, -0.25) is 14.5 Å². The molecule has 7 heterocycles. The largest absolute Gasteiger partial charge is 0.354 e. The molecular weight excluding hydrogens is 633 g/mol. The number of aromatic nitrogens is 4. The third-order valence-electron chi connectivity index (χ3n) is 10.7. The molecular formula is C38H38FN9O2. The van der Waals surface area contributed by atoms with Gasteiger partial charge < -0.3 is 9.80 Å². The molecule has 4 aliphatic rings. The SMILES string of the molecule is O=C1c2ccccc2C(=O)N1N1CCC(CN2CCN(c3cccc(-c4cnc5ccc(N6CCC[C@@H]6c6cccc(F)c6)nn45)n3)CC2)C1. The highest BCUT2D eigenvalue weighted by atomic mass is 19.1. The van der Waals surface area contributed by atoms with Gasteiger partial charge in [0.1, 0.15) is 23.1 Å². The van der Waals surface area contributed by atoms with Crippen LogP contribution in [0, 0.1) is 11.7 Å². The van der Waals surface area contributed by atoms with Gasteiger partial charge in [-0.1, -0.05) is 30.3 Å². The molecule has 3 fully saturated rings. The molecule has 2 aromatic carbocycles. The molecule has 0 bridgehead atoms. The molecule has 9 rings (SSSR count). The second kappa shape index (κ2) is 12.6. The van der Waals surface area contributed by atoms with Crippen molar-refractivity contribution in [2.24, 2.45) is 5.92 Å². The van der Waals surface area contributed by atoms with E-state index in [0.717, 1.165) is 92.8 Å². The maximum Gasteiger partial charge on any atom is 0.276 e. The van der Waals surface area contributed by atoms with Crippen molar-refractivity contribution in [3.63, 3.8) is 0 Å². The standard InChI is InChI=1S/C38H38FN9O2/c39-28-7-3-6-27(22-28)32-11-5-16-46(32)36-14-13-34-40-23-33(47(34)42-36)31-10-4-12-35(41-31)44-20-18-43(19-21-44)24-26-15-17-45(25-26)48-37(49)29-8-1-2-9-30(29)38(48)50/h1-4,6-10,12-14,22-23,26,32H,5,11,15-21,24-25H2/t26?,32-/m1/s1. The first kappa shape index (κ1) is 30.8. The predicted molar refractivity (Wildman–Crippen MR) is 187 cm³/mol. The van der Waals surface area contributed by atoms with Crippen LogP contribution in [0.1, 0.15) is 51.6 Å². The van der Waals surface area contributed by atoms with E-state index in [9.17, 15) is 14.0 Å². The van der Waals surface area contributed by atoms with Crippen LogP contribution < -0.4 is 9.80 Å². The minimum absolute atomic E-state index is 0.0756. The molecule has 0 N–H and O–H groups in total. The van der Waals surface area contributed by atoms with Gasteiger partial charge in [0.2, 0.25) is 0 Å². The minimum atomic E-state index is -0.218. The monoisotopic (exact) mass is 671 g/mol. The van der Waals surface area contributed by atoms with Crippen LogP contribution in [-0.4, -0.2) is 98.7 Å². The Morgan fingerprint density at radius 1 is 0.780 bits per heavy atom. The van der Waals surface area contributed by atoms with E-state index in [1.54, 1.807) is 36.4 Å². The number of anilines is 2. The summed E-state index contributed by atoms with van der Waals surface area (Å²) in [5, 5.41) is 8.32. The Kier molecular flexibility index (Phi) is 7.77. The number of nitrogens with zero attached hydrogens (tertiary/aromatic N) is 9. The summed E-state index contributed by atoms with van der Waals surface area (Å²) in [6.45, 7) is 6.75. The summed E-state index contributed by atoms with van der Waals surface area (Å²) in [7, 11) is 0. The lowest BCUT2D eigenvalue weighted by Gasteiger charge is -2.36. The molecule has 5 aromatic rings. The Morgan fingerprint density at radius 3 is 2.38 bits per heavy atom. The van der Waals surface area contributed by atoms with Gasteiger partial charge in [-0.2, -0.15) is 0 Å². The number of carbonyl (C=O) groups excluding carboxylic acids is 2. The van der Waals surface area contributed by atoms with Gasteiger partial charge >= 0.3 is 0 Å². The van der Waals surface area contributed by atoms with Crippen LogP contribution in [0.25, 0.3) is 17.0 Å². The van der Waals surface area contributed by atoms with Crippen molar-refractivity contribution in [2.45, 2.75) is 25.3 Å². The van der Waals surface area contributed by atoms with Crippen molar-refractivity contribution in [3.05, 3.63) is 108 Å². The molecule has 2 atom stereocenters. The Morgan fingerprint density at radius 2 is 1.58 bits per heavy atom. The van der Waals surface area contributed by atoms with Gasteiger partial charge in [-0.05, 0) is 79.3 Å². The fraction of sp³-hybridized carbons (Fsp3) is 0.342. The molecule has 254 valence electrons. The molecule has 2 amide bonds. The van der Waals surface area contributed by atoms with Crippen molar-refractivity contribution in [1.29, 1.82) is 0 Å². The number of fused-ring (bicyclic) bond motifs is 2. The van der Waals surface area contributed by atoms with Crippen LogP contribution >= 0.6 is 0 Å². The number of imide groups is 1. The number of hydrazine groups is 1. The van der Waals surface area contributed by atoms with Crippen LogP contribution in [0.5, 0.6) is 0 Å². The number of imidazole rings is 1. The van der Waals surface area contributed by atoms with E-state index in [-0.39, 0.29) is 23.7 Å². The molecule has 3 aromatic heterocycles. The molecule has 0 spiro atoms. The molecule has 0 saturated carbocycles. The van der Waals surface area contributed by atoms with Gasteiger partial charge in [0.25, 0.3) is 11.8 Å². The van der Waals surface area contributed by atoms with E-state index in [2.05, 4.69) is 25.8 Å². The van der Waals surface area contributed by atoms with Crippen LogP contribution in [0.4, 0.5) is 16.0 Å². The number of pyridine rings is 1. The molecule has 50 heavy (non-hydrogen) atoms. The van der Waals surface area contributed by atoms with E-state index in [1.165, 1.54) is 11.1 Å². The van der Waals surface area contributed by atoms with E-state index in [4.69, 9.17) is 10.1 Å². The maximum absolute atomic E-state index is 14.1.